The van der Waals surface area contributed by atoms with Gasteiger partial charge in [-0.1, -0.05) is 33.6 Å². The molecule has 0 unspecified atom stereocenters. The van der Waals surface area contributed by atoms with Crippen molar-refractivity contribution in [2.24, 2.45) is 0 Å². The smallest absolute Gasteiger partial charge is 0.312 e. The van der Waals surface area contributed by atoms with Gasteiger partial charge in [0.1, 0.15) is 12.4 Å². The van der Waals surface area contributed by atoms with Gasteiger partial charge >= 0.3 is 5.69 Å². The first-order valence-corrected chi connectivity index (χ1v) is 6.65. The fourth-order valence-electron chi connectivity index (χ4n) is 1.55. The van der Waals surface area contributed by atoms with Crippen LogP contribution in [0, 0.1) is 15.9 Å². The third-order valence-electron chi connectivity index (χ3n) is 2.52. The number of benzene rings is 2. The van der Waals surface area contributed by atoms with Crippen molar-refractivity contribution >= 4 is 33.2 Å². The van der Waals surface area contributed by atoms with Gasteiger partial charge in [-0.3, -0.25) is 10.1 Å². The number of hydrogen-bond donors (Lipinski definition) is 0. The summed E-state index contributed by atoms with van der Waals surface area (Å²) in [5, 5.41) is 11.2. The van der Waals surface area contributed by atoms with E-state index in [4.69, 9.17) is 16.3 Å². The van der Waals surface area contributed by atoms with Crippen LogP contribution in [0.15, 0.2) is 40.9 Å². The molecule has 2 aromatic rings. The molecular formula is C13H8BrClFNO3. The maximum Gasteiger partial charge on any atom is 0.312 e. The second kappa shape index (κ2) is 6.19. The first-order chi connectivity index (χ1) is 9.47. The Hall–Kier alpha value is -1.66. The maximum atomic E-state index is 13.0. The van der Waals surface area contributed by atoms with E-state index in [-0.39, 0.29) is 28.9 Å². The van der Waals surface area contributed by atoms with Crippen molar-refractivity contribution in [1.82, 2.24) is 0 Å². The maximum absolute atomic E-state index is 13.0. The summed E-state index contributed by atoms with van der Waals surface area (Å²) in [6.45, 7) is 0.0728. The molecule has 0 atom stereocenters. The van der Waals surface area contributed by atoms with Crippen LogP contribution in [-0.2, 0) is 6.61 Å². The predicted octanol–water partition coefficient (Wildman–Crippen LogP) is 4.73. The Bertz CT molecular complexity index is 666. The Morgan fingerprint density at radius 3 is 2.70 bits per heavy atom. The summed E-state index contributed by atoms with van der Waals surface area (Å²) in [7, 11) is 0. The summed E-state index contributed by atoms with van der Waals surface area (Å²) in [6, 6.07) is 8.29. The SMILES string of the molecule is O=[N+]([O-])c1cc(Cl)ccc1OCc1ccc(F)cc1Br. The van der Waals surface area contributed by atoms with E-state index in [0.29, 0.717) is 10.0 Å². The lowest BCUT2D eigenvalue weighted by atomic mass is 10.2. The van der Waals surface area contributed by atoms with Crippen LogP contribution in [0.5, 0.6) is 5.75 Å². The summed E-state index contributed by atoms with van der Waals surface area (Å²) < 4.78 is 18.9. The number of nitro benzene ring substituents is 1. The Labute approximate surface area is 127 Å². The van der Waals surface area contributed by atoms with Crippen LogP contribution in [0.1, 0.15) is 5.56 Å². The van der Waals surface area contributed by atoms with Gasteiger partial charge < -0.3 is 4.74 Å². The first-order valence-electron chi connectivity index (χ1n) is 5.48. The molecule has 0 N–H and O–H groups in total. The molecule has 0 spiro atoms. The molecule has 0 fully saturated rings. The molecule has 0 heterocycles. The quantitative estimate of drug-likeness (QED) is 0.585. The molecule has 0 aliphatic rings. The topological polar surface area (TPSA) is 52.4 Å². The van der Waals surface area contributed by atoms with Gasteiger partial charge in [0.25, 0.3) is 0 Å². The monoisotopic (exact) mass is 359 g/mol. The molecule has 0 bridgehead atoms. The molecule has 0 aliphatic heterocycles. The summed E-state index contributed by atoms with van der Waals surface area (Å²) in [5.74, 6) is -0.270. The van der Waals surface area contributed by atoms with E-state index in [1.807, 2.05) is 0 Å². The van der Waals surface area contributed by atoms with Crippen LogP contribution in [0.4, 0.5) is 10.1 Å². The number of hydrogen-bond acceptors (Lipinski definition) is 3. The van der Waals surface area contributed by atoms with Crippen LogP contribution < -0.4 is 4.74 Å². The highest BCUT2D eigenvalue weighted by molar-refractivity contribution is 9.10. The lowest BCUT2D eigenvalue weighted by Crippen LogP contribution is -2.00. The molecule has 0 amide bonds. The van der Waals surface area contributed by atoms with Crippen molar-refractivity contribution in [2.45, 2.75) is 6.61 Å². The standard InChI is InChI=1S/C13H8BrClFNO3/c14-11-6-10(16)3-1-8(11)7-20-13-4-2-9(15)5-12(13)17(18)19/h1-6H,7H2. The molecule has 0 radical (unpaired) electrons. The second-order valence-corrected chi connectivity index (χ2v) is 5.18. The minimum absolute atomic E-state index is 0.0728. The van der Waals surface area contributed by atoms with E-state index in [0.717, 1.165) is 0 Å². The number of nitro groups is 1. The summed E-state index contributed by atoms with van der Waals surface area (Å²) in [5.41, 5.74) is 0.464. The molecule has 0 saturated heterocycles. The van der Waals surface area contributed by atoms with Crippen molar-refractivity contribution in [1.29, 1.82) is 0 Å². The zero-order chi connectivity index (χ0) is 14.7. The minimum atomic E-state index is -0.569. The number of halogens is 3. The third-order valence-corrected chi connectivity index (χ3v) is 3.49. The number of nitrogens with zero attached hydrogens (tertiary/aromatic N) is 1. The molecule has 0 aliphatic carbocycles. The van der Waals surface area contributed by atoms with Gasteiger partial charge in [0.2, 0.25) is 0 Å². The van der Waals surface area contributed by atoms with Crippen LogP contribution in [0.3, 0.4) is 0 Å². The average molecular weight is 361 g/mol. The highest BCUT2D eigenvalue weighted by atomic mass is 79.9. The van der Waals surface area contributed by atoms with Gasteiger partial charge in [-0.2, -0.15) is 0 Å². The third kappa shape index (κ3) is 3.46. The number of rotatable bonds is 4. The molecule has 7 heteroatoms. The predicted molar refractivity (Wildman–Crippen MR) is 76.5 cm³/mol. The highest BCUT2D eigenvalue weighted by Crippen LogP contribution is 2.31. The fraction of sp³-hybridized carbons (Fsp3) is 0.0769. The average Bonchev–Trinajstić information content (AvgIpc) is 2.38. The van der Waals surface area contributed by atoms with Gasteiger partial charge in [0, 0.05) is 21.1 Å². The van der Waals surface area contributed by atoms with Crippen molar-refractivity contribution in [3.05, 3.63) is 67.4 Å². The number of ether oxygens (including phenoxy) is 1. The van der Waals surface area contributed by atoms with Crippen LogP contribution in [-0.4, -0.2) is 4.92 Å². The molecule has 2 aromatic carbocycles. The van der Waals surface area contributed by atoms with Gasteiger partial charge in [-0.25, -0.2) is 4.39 Å². The Kier molecular flexibility index (Phi) is 4.57. The lowest BCUT2D eigenvalue weighted by Gasteiger charge is -2.08. The van der Waals surface area contributed by atoms with E-state index in [1.165, 1.54) is 30.3 Å². The molecule has 2 rings (SSSR count). The van der Waals surface area contributed by atoms with Crippen LogP contribution in [0.2, 0.25) is 5.02 Å². The zero-order valence-corrected chi connectivity index (χ0v) is 12.3. The van der Waals surface area contributed by atoms with Gasteiger partial charge in [-0.15, -0.1) is 0 Å². The van der Waals surface area contributed by atoms with Gasteiger partial charge in [-0.05, 0) is 24.3 Å². The molecule has 20 heavy (non-hydrogen) atoms. The zero-order valence-electron chi connectivity index (χ0n) is 9.98. The van der Waals surface area contributed by atoms with Gasteiger partial charge in [0.05, 0.1) is 4.92 Å². The molecule has 0 saturated carbocycles. The summed E-state index contributed by atoms with van der Waals surface area (Å²) in [6.07, 6.45) is 0. The van der Waals surface area contributed by atoms with Gasteiger partial charge in [0.15, 0.2) is 5.75 Å². The highest BCUT2D eigenvalue weighted by Gasteiger charge is 2.16. The normalized spacial score (nSPS) is 10.3. The minimum Gasteiger partial charge on any atom is -0.482 e. The Morgan fingerprint density at radius 2 is 2.05 bits per heavy atom. The first kappa shape index (κ1) is 14.7. The molecule has 104 valence electrons. The van der Waals surface area contributed by atoms with E-state index in [9.17, 15) is 14.5 Å². The summed E-state index contributed by atoms with van der Waals surface area (Å²) in [4.78, 5) is 10.3. The summed E-state index contributed by atoms with van der Waals surface area (Å²) >= 11 is 8.92. The molecule has 4 nitrogen and oxygen atoms in total. The van der Waals surface area contributed by atoms with E-state index in [2.05, 4.69) is 15.9 Å². The Balaban J connectivity index is 2.20. The van der Waals surface area contributed by atoms with Crippen molar-refractivity contribution in [3.8, 4) is 5.75 Å². The van der Waals surface area contributed by atoms with E-state index in [1.54, 1.807) is 6.07 Å². The van der Waals surface area contributed by atoms with Crippen molar-refractivity contribution in [2.75, 3.05) is 0 Å². The molecule has 0 aromatic heterocycles. The molecular weight excluding hydrogens is 353 g/mol. The lowest BCUT2D eigenvalue weighted by molar-refractivity contribution is -0.385. The Morgan fingerprint density at radius 1 is 1.30 bits per heavy atom. The van der Waals surface area contributed by atoms with Crippen LogP contribution in [0.25, 0.3) is 0 Å². The fourth-order valence-corrected chi connectivity index (χ4v) is 2.18. The second-order valence-electron chi connectivity index (χ2n) is 3.89. The van der Waals surface area contributed by atoms with E-state index < -0.39 is 4.92 Å². The largest absolute Gasteiger partial charge is 0.482 e. The van der Waals surface area contributed by atoms with Crippen LogP contribution >= 0.6 is 27.5 Å². The van der Waals surface area contributed by atoms with Crippen molar-refractivity contribution < 1.29 is 14.1 Å². The van der Waals surface area contributed by atoms with Crippen molar-refractivity contribution in [3.63, 3.8) is 0 Å². The van der Waals surface area contributed by atoms with E-state index >= 15 is 0 Å².